The van der Waals surface area contributed by atoms with Crippen molar-refractivity contribution in [1.29, 1.82) is 0 Å². The molecule has 4 aromatic carbocycles. The molecule has 206 valence electrons. The van der Waals surface area contributed by atoms with Crippen molar-refractivity contribution in [1.82, 2.24) is 10.3 Å². The maximum absolute atomic E-state index is 13.5. The van der Waals surface area contributed by atoms with Crippen LogP contribution in [-0.2, 0) is 12.7 Å². The Morgan fingerprint density at radius 1 is 0.805 bits per heavy atom. The minimum absolute atomic E-state index is 0.0547. The number of anilines is 1. The first kappa shape index (κ1) is 27.4. The number of rotatable bonds is 7. The number of ether oxygens (including phenoxy) is 1. The van der Waals surface area contributed by atoms with E-state index in [0.717, 1.165) is 17.7 Å². The number of fused-ring (bicyclic) bond motifs is 1. The molecule has 1 aromatic heterocycles. The zero-order chi connectivity index (χ0) is 29.0. The Bertz CT molecular complexity index is 1730. The van der Waals surface area contributed by atoms with Crippen LogP contribution in [0.1, 0.15) is 31.8 Å². The van der Waals surface area contributed by atoms with Gasteiger partial charge < -0.3 is 15.4 Å². The van der Waals surface area contributed by atoms with Crippen molar-refractivity contribution in [2.24, 2.45) is 0 Å². The molecule has 5 rings (SSSR count). The topological polar surface area (TPSA) is 80.3 Å². The van der Waals surface area contributed by atoms with Gasteiger partial charge in [-0.1, -0.05) is 60.7 Å². The van der Waals surface area contributed by atoms with E-state index in [4.69, 9.17) is 4.74 Å². The highest BCUT2D eigenvalue weighted by molar-refractivity contribution is 6.12. The molecule has 0 fully saturated rings. The number of hydrogen-bond acceptors (Lipinski definition) is 4. The number of alkyl halides is 3. The van der Waals surface area contributed by atoms with Gasteiger partial charge in [0.05, 0.1) is 23.8 Å². The fourth-order valence-corrected chi connectivity index (χ4v) is 4.39. The molecule has 9 heteroatoms. The number of amides is 2. The molecule has 0 aliphatic rings. The Labute approximate surface area is 233 Å². The summed E-state index contributed by atoms with van der Waals surface area (Å²) in [6.07, 6.45) is -4.47. The van der Waals surface area contributed by atoms with Crippen LogP contribution >= 0.6 is 0 Å². The number of benzene rings is 4. The summed E-state index contributed by atoms with van der Waals surface area (Å²) in [4.78, 5) is 31.4. The van der Waals surface area contributed by atoms with Gasteiger partial charge in [0, 0.05) is 17.5 Å². The molecule has 41 heavy (non-hydrogen) atoms. The molecule has 0 saturated carbocycles. The van der Waals surface area contributed by atoms with Crippen LogP contribution in [-0.4, -0.2) is 23.9 Å². The van der Waals surface area contributed by atoms with Gasteiger partial charge in [0.15, 0.2) is 0 Å². The van der Waals surface area contributed by atoms with E-state index in [2.05, 4.69) is 15.6 Å². The molecular formula is C32H24F3N3O3. The predicted molar refractivity (Wildman–Crippen MR) is 151 cm³/mol. The van der Waals surface area contributed by atoms with Crippen molar-refractivity contribution in [2.45, 2.75) is 12.7 Å². The minimum Gasteiger partial charge on any atom is -0.497 e. The van der Waals surface area contributed by atoms with Gasteiger partial charge in [0.1, 0.15) is 11.6 Å². The molecule has 0 spiro atoms. The van der Waals surface area contributed by atoms with Gasteiger partial charge >= 0.3 is 6.18 Å². The monoisotopic (exact) mass is 555 g/mol. The summed E-state index contributed by atoms with van der Waals surface area (Å²) in [5, 5.41) is 6.32. The fraction of sp³-hybridized carbons (Fsp3) is 0.0938. The van der Waals surface area contributed by atoms with Crippen LogP contribution in [0.2, 0.25) is 0 Å². The van der Waals surface area contributed by atoms with Crippen LogP contribution in [0.25, 0.3) is 22.0 Å². The summed E-state index contributed by atoms with van der Waals surface area (Å²) in [7, 11) is 1.56. The summed E-state index contributed by atoms with van der Waals surface area (Å²) >= 11 is 0. The average Bonchev–Trinajstić information content (AvgIpc) is 2.99. The third kappa shape index (κ3) is 6.19. The summed E-state index contributed by atoms with van der Waals surface area (Å²) in [5.41, 5.74) is 1.85. The first-order valence-electron chi connectivity index (χ1n) is 12.6. The summed E-state index contributed by atoms with van der Waals surface area (Å²) < 4.78 is 44.4. The number of carbonyl (C=O) groups excluding carboxylic acids is 2. The van der Waals surface area contributed by atoms with Crippen LogP contribution < -0.4 is 15.4 Å². The highest BCUT2D eigenvalue weighted by Crippen LogP contribution is 2.32. The zero-order valence-electron chi connectivity index (χ0n) is 21.8. The lowest BCUT2D eigenvalue weighted by Crippen LogP contribution is -2.25. The van der Waals surface area contributed by atoms with E-state index in [1.54, 1.807) is 61.7 Å². The predicted octanol–water partition coefficient (Wildman–Crippen LogP) is 7.11. The number of nitrogens with zero attached hydrogens (tertiary/aromatic N) is 1. The van der Waals surface area contributed by atoms with Crippen molar-refractivity contribution in [2.75, 3.05) is 12.4 Å². The molecule has 5 aromatic rings. The number of hydrogen-bond donors (Lipinski definition) is 2. The molecule has 2 N–H and O–H groups in total. The molecule has 0 aliphatic heterocycles. The van der Waals surface area contributed by atoms with Crippen molar-refractivity contribution in [3.63, 3.8) is 0 Å². The quantitative estimate of drug-likeness (QED) is 0.224. The number of halogens is 3. The van der Waals surface area contributed by atoms with Crippen molar-refractivity contribution in [3.8, 4) is 16.9 Å². The number of methoxy groups -OCH3 is 1. The van der Waals surface area contributed by atoms with Crippen LogP contribution in [0, 0.1) is 0 Å². The maximum atomic E-state index is 13.5. The van der Waals surface area contributed by atoms with Crippen LogP contribution in [0.5, 0.6) is 5.75 Å². The van der Waals surface area contributed by atoms with Crippen LogP contribution in [0.4, 0.5) is 19.0 Å². The number of aromatic nitrogens is 1. The lowest BCUT2D eigenvalue weighted by molar-refractivity contribution is -0.137. The average molecular weight is 556 g/mol. The van der Waals surface area contributed by atoms with Gasteiger partial charge in [-0.3, -0.25) is 9.59 Å². The molecule has 6 nitrogen and oxygen atoms in total. The summed E-state index contributed by atoms with van der Waals surface area (Å²) in [6, 6.07) is 27.2. The maximum Gasteiger partial charge on any atom is 0.416 e. The van der Waals surface area contributed by atoms with E-state index in [9.17, 15) is 22.8 Å². The molecule has 0 aliphatic carbocycles. The molecule has 0 unspecified atom stereocenters. The molecular weight excluding hydrogens is 531 g/mol. The molecule has 0 radical (unpaired) electrons. The van der Waals surface area contributed by atoms with Crippen molar-refractivity contribution < 1.29 is 27.5 Å². The standard InChI is InChI=1S/C32H24F3N3O3/c1-41-24-9-6-7-20(17-24)19-36-30(39)27-18-22-8-2-5-12-28(22)37-29(27)38-31(40)26-11-4-3-10-25(26)21-13-15-23(16-14-21)32(33,34)35/h2-18H,19H2,1H3,(H,36,39)(H,37,38,40). The lowest BCUT2D eigenvalue weighted by atomic mass is 9.98. The Balaban J connectivity index is 1.45. The van der Waals surface area contributed by atoms with E-state index < -0.39 is 23.6 Å². The smallest absolute Gasteiger partial charge is 0.416 e. The first-order valence-corrected chi connectivity index (χ1v) is 12.6. The number of para-hydroxylation sites is 1. The van der Waals surface area contributed by atoms with Crippen LogP contribution in [0.15, 0.2) is 103 Å². The third-order valence-electron chi connectivity index (χ3n) is 6.48. The van der Waals surface area contributed by atoms with Gasteiger partial charge in [0.25, 0.3) is 11.8 Å². The highest BCUT2D eigenvalue weighted by Gasteiger charge is 2.30. The minimum atomic E-state index is -4.47. The third-order valence-corrected chi connectivity index (χ3v) is 6.48. The molecule has 0 bridgehead atoms. The second kappa shape index (κ2) is 11.5. The van der Waals surface area contributed by atoms with Gasteiger partial charge in [-0.25, -0.2) is 4.98 Å². The van der Waals surface area contributed by atoms with E-state index in [0.29, 0.717) is 27.8 Å². The van der Waals surface area contributed by atoms with E-state index in [1.807, 2.05) is 24.3 Å². The second-order valence-corrected chi connectivity index (χ2v) is 9.19. The van der Waals surface area contributed by atoms with E-state index in [1.165, 1.54) is 12.1 Å². The number of pyridine rings is 1. The number of nitrogens with one attached hydrogen (secondary N) is 2. The normalized spacial score (nSPS) is 11.2. The largest absolute Gasteiger partial charge is 0.497 e. The number of carbonyl (C=O) groups is 2. The van der Waals surface area contributed by atoms with Crippen LogP contribution in [0.3, 0.4) is 0 Å². The molecule has 0 saturated heterocycles. The van der Waals surface area contributed by atoms with E-state index >= 15 is 0 Å². The fourth-order valence-electron chi connectivity index (χ4n) is 4.39. The second-order valence-electron chi connectivity index (χ2n) is 9.19. The summed E-state index contributed by atoms with van der Waals surface area (Å²) in [6.45, 7) is 0.215. The Morgan fingerprint density at radius 2 is 1.54 bits per heavy atom. The van der Waals surface area contributed by atoms with Gasteiger partial charge in [-0.2, -0.15) is 13.2 Å². The summed E-state index contributed by atoms with van der Waals surface area (Å²) in [5.74, 6) is -0.301. The molecule has 0 atom stereocenters. The highest BCUT2D eigenvalue weighted by atomic mass is 19.4. The molecule has 2 amide bonds. The zero-order valence-corrected chi connectivity index (χ0v) is 21.8. The van der Waals surface area contributed by atoms with Gasteiger partial charge in [-0.05, 0) is 59.2 Å². The van der Waals surface area contributed by atoms with E-state index in [-0.39, 0.29) is 23.5 Å². The van der Waals surface area contributed by atoms with Crippen molar-refractivity contribution in [3.05, 3.63) is 125 Å². The Kier molecular flexibility index (Phi) is 7.69. The lowest BCUT2D eigenvalue weighted by Gasteiger charge is -2.15. The molecule has 1 heterocycles. The Morgan fingerprint density at radius 3 is 2.29 bits per heavy atom. The van der Waals surface area contributed by atoms with Gasteiger partial charge in [0.2, 0.25) is 0 Å². The van der Waals surface area contributed by atoms with Gasteiger partial charge in [-0.15, -0.1) is 0 Å². The van der Waals surface area contributed by atoms with Crippen molar-refractivity contribution >= 4 is 28.5 Å². The SMILES string of the molecule is COc1cccc(CNC(=O)c2cc3ccccc3nc2NC(=O)c2ccccc2-c2ccc(C(F)(F)F)cc2)c1. The first-order chi connectivity index (χ1) is 19.7. The Hall–Kier alpha value is -5.18.